The second-order valence-electron chi connectivity index (χ2n) is 8.21. The number of halogens is 5. The lowest BCUT2D eigenvalue weighted by molar-refractivity contribution is -0.137. The molecule has 1 aliphatic carbocycles. The van der Waals surface area contributed by atoms with E-state index < -0.39 is 40.9 Å². The molecular weight excluding hydrogens is 500 g/mol. The van der Waals surface area contributed by atoms with Gasteiger partial charge in [-0.1, -0.05) is 29.8 Å². The van der Waals surface area contributed by atoms with E-state index in [1.165, 1.54) is 48.5 Å². The highest BCUT2D eigenvalue weighted by atomic mass is 35.5. The Balaban J connectivity index is 1.40. The largest absolute Gasteiger partial charge is 0.416 e. The number of benzene rings is 3. The van der Waals surface area contributed by atoms with Crippen LogP contribution in [0.25, 0.3) is 0 Å². The molecule has 11 heteroatoms. The van der Waals surface area contributed by atoms with Crippen LogP contribution in [-0.2, 0) is 11.7 Å². The summed E-state index contributed by atoms with van der Waals surface area (Å²) in [6.07, 6.45) is -3.23. The molecular formula is C25H19ClF4N4O2. The number of carbonyl (C=O) groups excluding carboxylic acids is 2. The van der Waals surface area contributed by atoms with Gasteiger partial charge < -0.3 is 16.4 Å². The van der Waals surface area contributed by atoms with Crippen LogP contribution in [0, 0.1) is 5.82 Å². The van der Waals surface area contributed by atoms with Gasteiger partial charge in [0, 0.05) is 11.3 Å². The van der Waals surface area contributed by atoms with Crippen molar-refractivity contribution < 1.29 is 27.2 Å². The van der Waals surface area contributed by atoms with E-state index in [0.717, 1.165) is 18.2 Å². The van der Waals surface area contributed by atoms with Gasteiger partial charge in [0.05, 0.1) is 21.7 Å². The monoisotopic (exact) mass is 518 g/mol. The molecule has 1 fully saturated rings. The predicted octanol–water partition coefficient (Wildman–Crippen LogP) is 5.85. The number of amidine groups is 1. The Labute approximate surface area is 208 Å². The number of nitrogens with two attached hydrogens (primary N) is 1. The highest BCUT2D eigenvalue weighted by Gasteiger charge is 2.46. The van der Waals surface area contributed by atoms with Gasteiger partial charge in [0.1, 0.15) is 11.7 Å². The molecule has 0 spiro atoms. The molecule has 0 atom stereocenters. The number of rotatable bonds is 5. The Kier molecular flexibility index (Phi) is 6.73. The number of hydrogen-bond acceptors (Lipinski definition) is 2. The first-order valence-electron chi connectivity index (χ1n) is 10.7. The van der Waals surface area contributed by atoms with Crippen LogP contribution >= 0.6 is 11.6 Å². The lowest BCUT2D eigenvalue weighted by Gasteiger charge is -2.19. The van der Waals surface area contributed by atoms with Crippen LogP contribution in [0.3, 0.4) is 0 Å². The number of nitrogens with zero attached hydrogens (tertiary/aromatic N) is 1. The molecule has 0 unspecified atom stereocenters. The molecule has 3 amide bonds. The quantitative estimate of drug-likeness (QED) is 0.224. The minimum Gasteiger partial charge on any atom is -0.383 e. The first-order valence-corrected chi connectivity index (χ1v) is 11.1. The Morgan fingerprint density at radius 3 is 2.17 bits per heavy atom. The molecule has 0 saturated heterocycles. The molecule has 3 aromatic carbocycles. The van der Waals surface area contributed by atoms with Crippen LogP contribution in [0.4, 0.5) is 28.0 Å². The Morgan fingerprint density at radius 1 is 0.972 bits per heavy atom. The Hall–Kier alpha value is -3.92. The van der Waals surface area contributed by atoms with Crippen molar-refractivity contribution in [3.05, 3.63) is 99.8 Å². The minimum absolute atomic E-state index is 0.00384. The molecule has 0 aliphatic heterocycles. The third-order valence-corrected chi connectivity index (χ3v) is 6.02. The summed E-state index contributed by atoms with van der Waals surface area (Å²) in [5.41, 5.74) is 5.24. The third-order valence-electron chi connectivity index (χ3n) is 5.71. The number of anilines is 1. The maximum atomic E-state index is 13.9. The van der Waals surface area contributed by atoms with Gasteiger partial charge in [0.15, 0.2) is 0 Å². The topological polar surface area (TPSA) is 96.6 Å². The van der Waals surface area contributed by atoms with Gasteiger partial charge in [-0.05, 0) is 66.9 Å². The zero-order valence-electron chi connectivity index (χ0n) is 18.5. The molecule has 3 aromatic rings. The zero-order valence-corrected chi connectivity index (χ0v) is 19.3. The normalized spacial score (nSPS) is 14.8. The Morgan fingerprint density at radius 2 is 1.61 bits per heavy atom. The van der Waals surface area contributed by atoms with Gasteiger partial charge in [-0.3, -0.25) is 4.79 Å². The van der Waals surface area contributed by atoms with Crippen LogP contribution in [0.2, 0.25) is 5.02 Å². The fourth-order valence-electron chi connectivity index (χ4n) is 3.64. The number of carbonyl (C=O) groups is 2. The molecule has 4 N–H and O–H groups in total. The van der Waals surface area contributed by atoms with Crippen molar-refractivity contribution in [1.29, 1.82) is 0 Å². The number of alkyl halides is 3. The summed E-state index contributed by atoms with van der Waals surface area (Å²) in [6, 6.07) is 13.7. The van der Waals surface area contributed by atoms with Crippen molar-refractivity contribution in [2.75, 3.05) is 5.32 Å². The zero-order chi connectivity index (χ0) is 26.1. The van der Waals surface area contributed by atoms with Crippen molar-refractivity contribution in [2.24, 2.45) is 10.7 Å². The molecule has 0 bridgehead atoms. The van der Waals surface area contributed by atoms with E-state index in [-0.39, 0.29) is 16.1 Å². The third kappa shape index (κ3) is 5.49. The SMILES string of the molecule is N/C(=N\C(=O)Nc1ccc(C(=O)NC2(c3ccc(C(F)(F)F)cc3)CC2)cc1)c1c(F)cccc1Cl. The molecule has 1 saturated carbocycles. The lowest BCUT2D eigenvalue weighted by atomic mass is 10.0. The fourth-order valence-corrected chi connectivity index (χ4v) is 3.90. The van der Waals surface area contributed by atoms with Gasteiger partial charge in [-0.15, -0.1) is 0 Å². The first kappa shape index (κ1) is 25.2. The van der Waals surface area contributed by atoms with Crippen molar-refractivity contribution >= 4 is 35.1 Å². The van der Waals surface area contributed by atoms with Crippen LogP contribution in [0.5, 0.6) is 0 Å². The van der Waals surface area contributed by atoms with Crippen molar-refractivity contribution in [3.63, 3.8) is 0 Å². The molecule has 0 heterocycles. The summed E-state index contributed by atoms with van der Waals surface area (Å²) in [5, 5.41) is 5.34. The standard InChI is InChI=1S/C25H19ClF4N4O2/c26-18-2-1-3-19(27)20(18)21(31)33-23(36)32-17-10-4-14(5-11-17)22(35)34-24(12-13-24)15-6-8-16(9-7-15)25(28,29)30/h1-11H,12-13H2,(H,34,35)(H3,31,32,33,36). The van der Waals surface area contributed by atoms with Crippen molar-refractivity contribution in [1.82, 2.24) is 5.32 Å². The van der Waals surface area contributed by atoms with Crippen LogP contribution in [-0.4, -0.2) is 17.8 Å². The average Bonchev–Trinajstić information content (AvgIpc) is 3.59. The van der Waals surface area contributed by atoms with E-state index in [9.17, 15) is 27.2 Å². The average molecular weight is 519 g/mol. The van der Waals surface area contributed by atoms with Gasteiger partial charge in [0.2, 0.25) is 0 Å². The maximum Gasteiger partial charge on any atom is 0.416 e. The summed E-state index contributed by atoms with van der Waals surface area (Å²) in [6.45, 7) is 0. The second kappa shape index (κ2) is 9.62. The number of urea groups is 1. The van der Waals surface area contributed by atoms with Gasteiger partial charge in [-0.2, -0.15) is 18.2 Å². The smallest absolute Gasteiger partial charge is 0.383 e. The molecule has 36 heavy (non-hydrogen) atoms. The number of aliphatic imine (C=N–C) groups is 1. The predicted molar refractivity (Wildman–Crippen MR) is 127 cm³/mol. The van der Waals surface area contributed by atoms with E-state index in [2.05, 4.69) is 15.6 Å². The maximum absolute atomic E-state index is 13.9. The van der Waals surface area contributed by atoms with E-state index in [4.69, 9.17) is 17.3 Å². The van der Waals surface area contributed by atoms with Gasteiger partial charge in [-0.25, -0.2) is 9.18 Å². The molecule has 4 rings (SSSR count). The highest BCUT2D eigenvalue weighted by molar-refractivity contribution is 6.34. The first-order chi connectivity index (χ1) is 17.0. The second-order valence-corrected chi connectivity index (χ2v) is 8.62. The fraction of sp³-hybridized carbons (Fsp3) is 0.160. The summed E-state index contributed by atoms with van der Waals surface area (Å²) >= 11 is 5.91. The molecule has 1 aliphatic rings. The van der Waals surface area contributed by atoms with Crippen LogP contribution < -0.4 is 16.4 Å². The summed E-state index contributed by atoms with van der Waals surface area (Å²) in [5.74, 6) is -1.54. The minimum atomic E-state index is -4.43. The number of nitrogens with one attached hydrogen (secondary N) is 2. The summed E-state index contributed by atoms with van der Waals surface area (Å²) < 4.78 is 52.4. The molecule has 0 aromatic heterocycles. The summed E-state index contributed by atoms with van der Waals surface area (Å²) in [4.78, 5) is 28.5. The van der Waals surface area contributed by atoms with Crippen molar-refractivity contribution in [3.8, 4) is 0 Å². The van der Waals surface area contributed by atoms with Crippen LogP contribution in [0.1, 0.15) is 39.9 Å². The van der Waals surface area contributed by atoms with Crippen LogP contribution in [0.15, 0.2) is 71.7 Å². The van der Waals surface area contributed by atoms with E-state index in [1.54, 1.807) is 0 Å². The molecule has 0 radical (unpaired) electrons. The van der Waals surface area contributed by atoms with E-state index >= 15 is 0 Å². The highest BCUT2D eigenvalue weighted by Crippen LogP contribution is 2.46. The van der Waals surface area contributed by atoms with E-state index in [1.807, 2.05) is 0 Å². The molecule has 186 valence electrons. The van der Waals surface area contributed by atoms with Gasteiger partial charge in [0.25, 0.3) is 5.91 Å². The van der Waals surface area contributed by atoms with Gasteiger partial charge >= 0.3 is 12.2 Å². The summed E-state index contributed by atoms with van der Waals surface area (Å²) in [7, 11) is 0. The number of hydrogen-bond donors (Lipinski definition) is 3. The van der Waals surface area contributed by atoms with E-state index in [0.29, 0.717) is 24.1 Å². The van der Waals surface area contributed by atoms with Crippen molar-refractivity contribution in [2.45, 2.75) is 24.6 Å². The lowest BCUT2D eigenvalue weighted by Crippen LogP contribution is -2.34. The molecule has 6 nitrogen and oxygen atoms in total. The Bertz CT molecular complexity index is 1320. The number of amides is 3.